The smallest absolute Gasteiger partial charge is 0.238 e. The summed E-state index contributed by atoms with van der Waals surface area (Å²) in [6.45, 7) is 3.51. The fourth-order valence-electron chi connectivity index (χ4n) is 1.62. The van der Waals surface area contributed by atoms with Gasteiger partial charge in [-0.3, -0.25) is 4.79 Å². The Hall–Kier alpha value is -1.48. The van der Waals surface area contributed by atoms with Crippen LogP contribution in [0.3, 0.4) is 0 Å². The number of hydrogen-bond donors (Lipinski definition) is 1. The molecule has 1 amide bonds. The third-order valence-electron chi connectivity index (χ3n) is 2.59. The predicted molar refractivity (Wildman–Crippen MR) is 68.1 cm³/mol. The highest BCUT2D eigenvalue weighted by molar-refractivity contribution is 6.30. The molecule has 0 saturated heterocycles. The van der Waals surface area contributed by atoms with Crippen molar-refractivity contribution in [3.63, 3.8) is 0 Å². The van der Waals surface area contributed by atoms with E-state index in [0.29, 0.717) is 0 Å². The van der Waals surface area contributed by atoms with Crippen LogP contribution >= 0.6 is 11.6 Å². The van der Waals surface area contributed by atoms with Gasteiger partial charge in [-0.1, -0.05) is 18.2 Å². The van der Waals surface area contributed by atoms with Crippen molar-refractivity contribution in [3.8, 4) is 0 Å². The number of para-hydroxylation sites is 1. The van der Waals surface area contributed by atoms with Crippen LogP contribution in [0.1, 0.15) is 25.6 Å². The standard InChI is InChI=1S/C13H14ClNO2/c1-8(14)13(16)15-9(2)12-7-10-5-3-4-6-11(10)17-12/h3-9H,1-2H3,(H,15,16). The maximum absolute atomic E-state index is 11.5. The molecule has 2 unspecified atom stereocenters. The van der Waals surface area contributed by atoms with E-state index in [0.717, 1.165) is 16.7 Å². The number of carbonyl (C=O) groups is 1. The van der Waals surface area contributed by atoms with Gasteiger partial charge >= 0.3 is 0 Å². The van der Waals surface area contributed by atoms with Crippen molar-refractivity contribution < 1.29 is 9.21 Å². The largest absolute Gasteiger partial charge is 0.459 e. The molecule has 0 aliphatic carbocycles. The van der Waals surface area contributed by atoms with E-state index in [1.165, 1.54) is 0 Å². The first-order chi connectivity index (χ1) is 8.08. The number of fused-ring (bicyclic) bond motifs is 1. The Bertz CT molecular complexity index is 500. The van der Waals surface area contributed by atoms with Crippen LogP contribution in [0.25, 0.3) is 11.0 Å². The Morgan fingerprint density at radius 1 is 1.35 bits per heavy atom. The average molecular weight is 252 g/mol. The van der Waals surface area contributed by atoms with Gasteiger partial charge in [-0.25, -0.2) is 0 Å². The zero-order chi connectivity index (χ0) is 12.4. The van der Waals surface area contributed by atoms with E-state index in [2.05, 4.69) is 5.32 Å². The summed E-state index contributed by atoms with van der Waals surface area (Å²) >= 11 is 5.70. The highest BCUT2D eigenvalue weighted by atomic mass is 35.5. The minimum Gasteiger partial charge on any atom is -0.459 e. The summed E-state index contributed by atoms with van der Waals surface area (Å²) in [5.41, 5.74) is 0.822. The van der Waals surface area contributed by atoms with Crippen molar-refractivity contribution in [1.29, 1.82) is 0 Å². The second kappa shape index (κ2) is 4.80. The van der Waals surface area contributed by atoms with E-state index in [1.807, 2.05) is 37.3 Å². The van der Waals surface area contributed by atoms with Crippen LogP contribution in [0.2, 0.25) is 0 Å². The third kappa shape index (κ3) is 2.61. The molecule has 0 fully saturated rings. The summed E-state index contributed by atoms with van der Waals surface area (Å²) in [5.74, 6) is 0.538. The molecule has 0 radical (unpaired) electrons. The molecule has 1 heterocycles. The maximum Gasteiger partial charge on any atom is 0.238 e. The third-order valence-corrected chi connectivity index (χ3v) is 2.79. The SMILES string of the molecule is CC(Cl)C(=O)NC(C)c1cc2ccccc2o1. The van der Waals surface area contributed by atoms with E-state index in [1.54, 1.807) is 6.92 Å². The van der Waals surface area contributed by atoms with E-state index in [-0.39, 0.29) is 11.9 Å². The lowest BCUT2D eigenvalue weighted by atomic mass is 10.2. The molecular weight excluding hydrogens is 238 g/mol. The van der Waals surface area contributed by atoms with Crippen LogP contribution < -0.4 is 5.32 Å². The molecule has 2 rings (SSSR count). The summed E-state index contributed by atoms with van der Waals surface area (Å²) in [6, 6.07) is 9.49. The van der Waals surface area contributed by atoms with E-state index >= 15 is 0 Å². The van der Waals surface area contributed by atoms with Crippen molar-refractivity contribution in [2.45, 2.75) is 25.3 Å². The number of benzene rings is 1. The number of rotatable bonds is 3. The molecule has 0 aliphatic heterocycles. The number of carbonyl (C=O) groups excluding carboxylic acids is 1. The van der Waals surface area contributed by atoms with Crippen molar-refractivity contribution in [2.75, 3.05) is 0 Å². The van der Waals surface area contributed by atoms with Crippen LogP contribution in [0, 0.1) is 0 Å². The summed E-state index contributed by atoms with van der Waals surface area (Å²) in [6.07, 6.45) is 0. The molecule has 1 aromatic heterocycles. The van der Waals surface area contributed by atoms with Gasteiger partial charge in [-0.15, -0.1) is 11.6 Å². The minimum atomic E-state index is -0.540. The second-order valence-electron chi connectivity index (χ2n) is 4.03. The zero-order valence-corrected chi connectivity index (χ0v) is 10.5. The predicted octanol–water partition coefficient (Wildman–Crippen LogP) is 3.24. The van der Waals surface area contributed by atoms with Gasteiger partial charge < -0.3 is 9.73 Å². The molecule has 17 heavy (non-hydrogen) atoms. The number of hydrogen-bond acceptors (Lipinski definition) is 2. The minimum absolute atomic E-state index is 0.184. The molecule has 2 aromatic rings. The molecule has 4 heteroatoms. The fraction of sp³-hybridized carbons (Fsp3) is 0.308. The van der Waals surface area contributed by atoms with Gasteiger partial charge in [0.15, 0.2) is 0 Å². The Labute approximate surface area is 105 Å². The maximum atomic E-state index is 11.5. The number of furan rings is 1. The van der Waals surface area contributed by atoms with Crippen molar-refractivity contribution in [1.82, 2.24) is 5.32 Å². The van der Waals surface area contributed by atoms with Crippen LogP contribution in [0.4, 0.5) is 0 Å². The highest BCUT2D eigenvalue weighted by Gasteiger charge is 2.16. The average Bonchev–Trinajstić information content (AvgIpc) is 2.72. The summed E-state index contributed by atoms with van der Waals surface area (Å²) < 4.78 is 5.65. The van der Waals surface area contributed by atoms with E-state index in [9.17, 15) is 4.79 Å². The number of nitrogens with one attached hydrogen (secondary N) is 1. The van der Waals surface area contributed by atoms with Gasteiger partial charge in [0.05, 0.1) is 6.04 Å². The van der Waals surface area contributed by atoms with Gasteiger partial charge in [-0.05, 0) is 26.0 Å². The van der Waals surface area contributed by atoms with Gasteiger partial charge in [0.1, 0.15) is 16.7 Å². The highest BCUT2D eigenvalue weighted by Crippen LogP contribution is 2.23. The Kier molecular flexibility index (Phi) is 3.38. The van der Waals surface area contributed by atoms with Gasteiger partial charge in [-0.2, -0.15) is 0 Å². The second-order valence-corrected chi connectivity index (χ2v) is 4.69. The van der Waals surface area contributed by atoms with Crippen molar-refractivity contribution in [3.05, 3.63) is 36.1 Å². The molecule has 0 spiro atoms. The first-order valence-corrected chi connectivity index (χ1v) is 5.94. The quantitative estimate of drug-likeness (QED) is 0.851. The van der Waals surface area contributed by atoms with Crippen LogP contribution in [0.5, 0.6) is 0 Å². The van der Waals surface area contributed by atoms with E-state index < -0.39 is 5.38 Å². The Morgan fingerprint density at radius 2 is 2.06 bits per heavy atom. The van der Waals surface area contributed by atoms with Crippen LogP contribution in [0.15, 0.2) is 34.7 Å². The molecule has 1 N–H and O–H groups in total. The summed E-state index contributed by atoms with van der Waals surface area (Å²) in [4.78, 5) is 11.5. The summed E-state index contributed by atoms with van der Waals surface area (Å²) in [7, 11) is 0. The Morgan fingerprint density at radius 3 is 2.71 bits per heavy atom. The lowest BCUT2D eigenvalue weighted by Crippen LogP contribution is -2.31. The molecule has 0 saturated carbocycles. The molecule has 1 aromatic carbocycles. The van der Waals surface area contributed by atoms with Gasteiger partial charge in [0.25, 0.3) is 0 Å². The number of amides is 1. The van der Waals surface area contributed by atoms with E-state index in [4.69, 9.17) is 16.0 Å². The normalized spacial score (nSPS) is 14.5. The monoisotopic (exact) mass is 251 g/mol. The van der Waals surface area contributed by atoms with Crippen LogP contribution in [-0.2, 0) is 4.79 Å². The lowest BCUT2D eigenvalue weighted by Gasteiger charge is -2.12. The Balaban J connectivity index is 2.19. The summed E-state index contributed by atoms with van der Waals surface area (Å²) in [5, 5.41) is 3.28. The lowest BCUT2D eigenvalue weighted by molar-refractivity contribution is -0.121. The zero-order valence-electron chi connectivity index (χ0n) is 9.74. The first kappa shape index (κ1) is 12.0. The number of alkyl halides is 1. The molecule has 0 aliphatic rings. The molecule has 3 nitrogen and oxygen atoms in total. The topological polar surface area (TPSA) is 42.2 Å². The van der Waals surface area contributed by atoms with Crippen molar-refractivity contribution >= 4 is 28.5 Å². The molecule has 2 atom stereocenters. The fourth-order valence-corrected chi connectivity index (χ4v) is 1.68. The number of halogens is 1. The van der Waals surface area contributed by atoms with Crippen molar-refractivity contribution in [2.24, 2.45) is 0 Å². The van der Waals surface area contributed by atoms with Gasteiger partial charge in [0.2, 0.25) is 5.91 Å². The first-order valence-electron chi connectivity index (χ1n) is 5.51. The van der Waals surface area contributed by atoms with Gasteiger partial charge in [0, 0.05) is 5.39 Å². The molecule has 0 bridgehead atoms. The molecule has 90 valence electrons. The molecular formula is C13H14ClNO2. The van der Waals surface area contributed by atoms with Crippen LogP contribution in [-0.4, -0.2) is 11.3 Å².